The largest absolute Gasteiger partial charge is 0.350 e. The number of hydrogen-bond donors (Lipinski definition) is 0. The molecular formula is C28H34N4O. The molecular weight excluding hydrogens is 408 g/mol. The van der Waals surface area contributed by atoms with Gasteiger partial charge in [-0.2, -0.15) is 0 Å². The lowest BCUT2D eigenvalue weighted by molar-refractivity contribution is 0.0718. The summed E-state index contributed by atoms with van der Waals surface area (Å²) in [5.41, 5.74) is 7.27. The Bertz CT molecular complexity index is 1220. The molecule has 2 fully saturated rings. The molecule has 1 saturated heterocycles. The van der Waals surface area contributed by atoms with Gasteiger partial charge in [-0.05, 0) is 81.0 Å². The van der Waals surface area contributed by atoms with E-state index in [-0.39, 0.29) is 5.91 Å². The molecule has 0 radical (unpaired) electrons. The highest BCUT2D eigenvalue weighted by atomic mass is 16.2. The third-order valence-corrected chi connectivity index (χ3v) is 8.03. The van der Waals surface area contributed by atoms with Crippen molar-refractivity contribution >= 4 is 22.6 Å². The molecule has 0 atom stereocenters. The fourth-order valence-corrected chi connectivity index (χ4v) is 5.69. The Morgan fingerprint density at radius 3 is 2.55 bits per heavy atom. The molecule has 33 heavy (non-hydrogen) atoms. The number of aryl methyl sites for hydroxylation is 1. The van der Waals surface area contributed by atoms with Gasteiger partial charge >= 0.3 is 0 Å². The normalized spacial score (nSPS) is 18.6. The van der Waals surface area contributed by atoms with Gasteiger partial charge in [-0.1, -0.05) is 24.3 Å². The van der Waals surface area contributed by atoms with Crippen molar-refractivity contribution < 1.29 is 4.79 Å². The molecule has 4 heterocycles. The number of anilines is 1. The van der Waals surface area contributed by atoms with Gasteiger partial charge < -0.3 is 14.4 Å². The predicted octanol–water partition coefficient (Wildman–Crippen LogP) is 5.25. The van der Waals surface area contributed by atoms with Gasteiger partial charge in [0.25, 0.3) is 5.91 Å². The molecule has 1 aromatic carbocycles. The van der Waals surface area contributed by atoms with Gasteiger partial charge in [0.1, 0.15) is 5.69 Å². The smallest absolute Gasteiger partial charge is 0.272 e. The zero-order chi connectivity index (χ0) is 22.5. The van der Waals surface area contributed by atoms with Gasteiger partial charge in [0, 0.05) is 43.8 Å². The van der Waals surface area contributed by atoms with E-state index in [0.717, 1.165) is 63.7 Å². The lowest BCUT2D eigenvalue weighted by atomic mass is 9.99. The lowest BCUT2D eigenvalue weighted by Crippen LogP contribution is -2.37. The van der Waals surface area contributed by atoms with Gasteiger partial charge in [0.2, 0.25) is 0 Å². The van der Waals surface area contributed by atoms with Crippen LogP contribution in [0.25, 0.3) is 10.9 Å². The first-order valence-electron chi connectivity index (χ1n) is 12.7. The molecule has 1 saturated carbocycles. The maximum Gasteiger partial charge on any atom is 0.272 e. The van der Waals surface area contributed by atoms with Crippen LogP contribution in [0.5, 0.6) is 0 Å². The van der Waals surface area contributed by atoms with Crippen LogP contribution in [0.3, 0.4) is 0 Å². The van der Waals surface area contributed by atoms with Crippen molar-refractivity contribution in [2.45, 2.75) is 65.5 Å². The van der Waals surface area contributed by atoms with E-state index >= 15 is 0 Å². The summed E-state index contributed by atoms with van der Waals surface area (Å²) in [6, 6.07) is 10.8. The van der Waals surface area contributed by atoms with Crippen LogP contribution in [0.15, 0.2) is 30.3 Å². The van der Waals surface area contributed by atoms with Crippen molar-refractivity contribution in [3.63, 3.8) is 0 Å². The molecule has 3 aromatic rings. The maximum absolute atomic E-state index is 13.5. The van der Waals surface area contributed by atoms with Gasteiger partial charge in [-0.3, -0.25) is 4.79 Å². The minimum atomic E-state index is 0.0993. The number of piperidine rings is 1. The fraction of sp³-hybridized carbons (Fsp3) is 0.500. The first kappa shape index (κ1) is 20.8. The Hall–Kier alpha value is -2.82. The van der Waals surface area contributed by atoms with Crippen molar-refractivity contribution in [2.24, 2.45) is 5.92 Å². The number of carbonyl (C=O) groups is 1. The molecule has 3 aliphatic rings. The molecule has 0 spiro atoms. The summed E-state index contributed by atoms with van der Waals surface area (Å²) in [4.78, 5) is 23.1. The van der Waals surface area contributed by atoms with Crippen molar-refractivity contribution in [1.82, 2.24) is 14.5 Å². The van der Waals surface area contributed by atoms with Crippen molar-refractivity contribution in [1.29, 1.82) is 0 Å². The molecule has 6 rings (SSSR count). The van der Waals surface area contributed by atoms with E-state index in [4.69, 9.17) is 4.98 Å². The van der Waals surface area contributed by atoms with E-state index in [0.29, 0.717) is 5.69 Å². The molecule has 2 aliphatic heterocycles. The Labute approximate surface area is 196 Å². The number of hydrogen-bond acceptors (Lipinski definition) is 3. The number of carbonyl (C=O) groups excluding carboxylic acids is 1. The summed E-state index contributed by atoms with van der Waals surface area (Å²) in [5.74, 6) is 1.88. The predicted molar refractivity (Wildman–Crippen MR) is 133 cm³/mol. The third-order valence-electron chi connectivity index (χ3n) is 8.03. The molecule has 172 valence electrons. The van der Waals surface area contributed by atoms with Crippen LogP contribution in [0.2, 0.25) is 0 Å². The first-order chi connectivity index (χ1) is 16.1. The van der Waals surface area contributed by atoms with Crippen LogP contribution >= 0.6 is 0 Å². The summed E-state index contributed by atoms with van der Waals surface area (Å²) in [6.45, 7) is 9.01. The Kier molecular flexibility index (Phi) is 5.16. The summed E-state index contributed by atoms with van der Waals surface area (Å²) in [7, 11) is 0. The zero-order valence-corrected chi connectivity index (χ0v) is 19.9. The molecule has 2 aromatic heterocycles. The van der Waals surface area contributed by atoms with Crippen LogP contribution in [0.4, 0.5) is 5.82 Å². The van der Waals surface area contributed by atoms with Gasteiger partial charge in [-0.15, -0.1) is 0 Å². The van der Waals surface area contributed by atoms with Gasteiger partial charge in [-0.25, -0.2) is 4.98 Å². The highest BCUT2D eigenvalue weighted by Crippen LogP contribution is 2.38. The zero-order valence-electron chi connectivity index (χ0n) is 19.9. The van der Waals surface area contributed by atoms with Crippen LogP contribution < -0.4 is 4.90 Å². The van der Waals surface area contributed by atoms with Crippen molar-refractivity contribution in [3.8, 4) is 0 Å². The number of rotatable bonds is 4. The third kappa shape index (κ3) is 3.71. The average molecular weight is 443 g/mol. The van der Waals surface area contributed by atoms with Gasteiger partial charge in [0.15, 0.2) is 5.82 Å². The minimum absolute atomic E-state index is 0.0993. The highest BCUT2D eigenvalue weighted by Gasteiger charge is 2.29. The second-order valence-electron chi connectivity index (χ2n) is 10.3. The molecule has 1 aliphatic carbocycles. The average Bonchev–Trinajstić information content (AvgIpc) is 3.66. The molecule has 5 nitrogen and oxygen atoms in total. The van der Waals surface area contributed by atoms with E-state index in [9.17, 15) is 4.79 Å². The Balaban J connectivity index is 1.49. The van der Waals surface area contributed by atoms with Crippen molar-refractivity contribution in [3.05, 3.63) is 58.4 Å². The van der Waals surface area contributed by atoms with Crippen LogP contribution in [0, 0.1) is 19.8 Å². The number of likely N-dealkylation sites (tertiary alicyclic amines) is 1. The SMILES string of the molecule is Cc1c(C)n(CC2CC2)c2c(N3CCc4ccccc4C3)nc(C(=O)N3CCCCC3)cc12. The molecule has 5 heteroatoms. The Morgan fingerprint density at radius 1 is 1.03 bits per heavy atom. The first-order valence-corrected chi connectivity index (χ1v) is 12.7. The number of nitrogens with zero attached hydrogens (tertiary/aromatic N) is 4. The van der Waals surface area contributed by atoms with Gasteiger partial charge in [0.05, 0.1) is 5.52 Å². The summed E-state index contributed by atoms with van der Waals surface area (Å²) >= 11 is 0. The van der Waals surface area contributed by atoms with E-state index in [1.165, 1.54) is 52.5 Å². The molecule has 0 unspecified atom stereocenters. The monoisotopic (exact) mass is 442 g/mol. The minimum Gasteiger partial charge on any atom is -0.350 e. The number of amides is 1. The fourth-order valence-electron chi connectivity index (χ4n) is 5.69. The second kappa shape index (κ2) is 8.19. The molecule has 0 N–H and O–H groups in total. The van der Waals surface area contributed by atoms with Crippen LogP contribution in [-0.2, 0) is 19.5 Å². The number of aromatic nitrogens is 2. The van der Waals surface area contributed by atoms with E-state index in [1.54, 1.807) is 0 Å². The second-order valence-corrected chi connectivity index (χ2v) is 10.3. The number of fused-ring (bicyclic) bond motifs is 2. The highest BCUT2D eigenvalue weighted by molar-refractivity contribution is 6.01. The maximum atomic E-state index is 13.5. The summed E-state index contributed by atoms with van der Waals surface area (Å²) in [6.07, 6.45) is 7.08. The number of benzene rings is 1. The lowest BCUT2D eigenvalue weighted by Gasteiger charge is -2.31. The van der Waals surface area contributed by atoms with E-state index in [2.05, 4.69) is 53.6 Å². The molecule has 0 bridgehead atoms. The summed E-state index contributed by atoms with van der Waals surface area (Å²) in [5, 5.41) is 1.21. The van der Waals surface area contributed by atoms with E-state index < -0.39 is 0 Å². The quantitative estimate of drug-likeness (QED) is 0.554. The number of pyridine rings is 1. The van der Waals surface area contributed by atoms with E-state index in [1.807, 2.05) is 4.90 Å². The van der Waals surface area contributed by atoms with Crippen molar-refractivity contribution in [2.75, 3.05) is 24.5 Å². The summed E-state index contributed by atoms with van der Waals surface area (Å²) < 4.78 is 2.50. The standard InChI is InChI=1S/C28H34N4O/c1-19-20(2)32(17-21-10-11-21)26-24(19)16-25(28(33)30-13-6-3-7-14-30)29-27(26)31-15-12-22-8-4-5-9-23(22)18-31/h4-5,8-9,16,21H,3,6-7,10-15,17-18H2,1-2H3. The van der Waals surface area contributed by atoms with Crippen LogP contribution in [0.1, 0.15) is 65.0 Å². The Morgan fingerprint density at radius 2 is 1.79 bits per heavy atom. The topological polar surface area (TPSA) is 41.4 Å². The van der Waals surface area contributed by atoms with Crippen LogP contribution in [-0.4, -0.2) is 40.0 Å². The molecule has 1 amide bonds.